The number of alkyl halides is 3. The van der Waals surface area contributed by atoms with Crippen molar-refractivity contribution in [3.63, 3.8) is 0 Å². The molecule has 1 aliphatic rings. The van der Waals surface area contributed by atoms with Gasteiger partial charge in [0.05, 0.1) is 0 Å². The second kappa shape index (κ2) is 9.32. The summed E-state index contributed by atoms with van der Waals surface area (Å²) >= 11 is 0. The van der Waals surface area contributed by atoms with E-state index in [4.69, 9.17) is 0 Å². The monoisotopic (exact) mass is 474 g/mol. The fourth-order valence-corrected chi connectivity index (χ4v) is 4.30. The van der Waals surface area contributed by atoms with Crippen molar-refractivity contribution in [1.82, 2.24) is 19.7 Å². The molecule has 0 unspecified atom stereocenters. The number of imidazole rings is 1. The van der Waals surface area contributed by atoms with Crippen molar-refractivity contribution in [2.45, 2.75) is 50.9 Å². The molecule has 11 heteroatoms. The summed E-state index contributed by atoms with van der Waals surface area (Å²) in [5, 5.41) is 5.58. The molecule has 3 aromatic rings. The van der Waals surface area contributed by atoms with Crippen LogP contribution in [-0.4, -0.2) is 45.3 Å². The lowest BCUT2D eigenvalue weighted by atomic mass is 9.90. The number of hydrogen-bond acceptors (Lipinski definition) is 5. The van der Waals surface area contributed by atoms with Crippen molar-refractivity contribution < 1.29 is 22.8 Å². The van der Waals surface area contributed by atoms with Crippen molar-refractivity contribution in [3.05, 3.63) is 54.0 Å². The number of anilines is 2. The average Bonchev–Trinajstić information content (AvgIpc) is 3.24. The van der Waals surface area contributed by atoms with Gasteiger partial charge in [0.15, 0.2) is 5.69 Å². The Hall–Kier alpha value is -3.63. The summed E-state index contributed by atoms with van der Waals surface area (Å²) < 4.78 is 40.8. The third-order valence-corrected chi connectivity index (χ3v) is 6.03. The predicted molar refractivity (Wildman–Crippen MR) is 121 cm³/mol. The third kappa shape index (κ3) is 5.13. The molecule has 34 heavy (non-hydrogen) atoms. The molecule has 0 saturated heterocycles. The molecule has 0 atom stereocenters. The molecule has 1 aliphatic carbocycles. The van der Waals surface area contributed by atoms with Crippen LogP contribution in [0.25, 0.3) is 5.65 Å². The molecule has 3 heterocycles. The van der Waals surface area contributed by atoms with E-state index in [0.717, 1.165) is 31.9 Å². The van der Waals surface area contributed by atoms with E-state index in [1.54, 1.807) is 24.3 Å². The molecule has 1 saturated carbocycles. The van der Waals surface area contributed by atoms with Crippen molar-refractivity contribution in [3.8, 4) is 0 Å². The molecule has 8 nitrogen and oxygen atoms in total. The molecular formula is C23H25F3N6O2. The number of amides is 2. The first-order valence-corrected chi connectivity index (χ1v) is 10.9. The van der Waals surface area contributed by atoms with Crippen molar-refractivity contribution in [2.24, 2.45) is 0 Å². The standard InChI is InChI=1S/C23H25F3N6O2/c1-14(33)28-19-12-15(10-11-27-19)22(34)29-16-6-8-17(9-7-16)31(2)21-5-3-4-20-30-18(13-32(20)21)23(24,25)26/h3-5,10-13,16-17H,6-9H2,1-2H3,(H,29,34)(H,27,28,33)/t16-,17+. The summed E-state index contributed by atoms with van der Waals surface area (Å²) in [6.07, 6.45) is 0.994. The molecule has 2 amide bonds. The van der Waals surface area contributed by atoms with Gasteiger partial charge in [0.1, 0.15) is 17.3 Å². The van der Waals surface area contributed by atoms with Gasteiger partial charge >= 0.3 is 6.18 Å². The summed E-state index contributed by atoms with van der Waals surface area (Å²) in [4.78, 5) is 33.6. The van der Waals surface area contributed by atoms with E-state index >= 15 is 0 Å². The van der Waals surface area contributed by atoms with E-state index in [1.807, 2.05) is 11.9 Å². The minimum Gasteiger partial charge on any atom is -0.358 e. The minimum atomic E-state index is -4.50. The molecule has 0 radical (unpaired) electrons. The maximum Gasteiger partial charge on any atom is 0.434 e. The first kappa shape index (κ1) is 23.5. The van der Waals surface area contributed by atoms with Gasteiger partial charge in [-0.25, -0.2) is 9.97 Å². The second-order valence-corrected chi connectivity index (χ2v) is 8.44. The first-order valence-electron chi connectivity index (χ1n) is 10.9. The summed E-state index contributed by atoms with van der Waals surface area (Å²) in [6.45, 7) is 1.37. The highest BCUT2D eigenvalue weighted by Crippen LogP contribution is 2.31. The highest BCUT2D eigenvalue weighted by Gasteiger charge is 2.34. The van der Waals surface area contributed by atoms with Gasteiger partial charge in [0.2, 0.25) is 5.91 Å². The quantitative estimate of drug-likeness (QED) is 0.586. The summed E-state index contributed by atoms with van der Waals surface area (Å²) in [7, 11) is 1.87. The van der Waals surface area contributed by atoms with Crippen LogP contribution in [-0.2, 0) is 11.0 Å². The highest BCUT2D eigenvalue weighted by molar-refractivity contribution is 5.96. The molecule has 1 fully saturated rings. The molecule has 0 aromatic carbocycles. The number of aromatic nitrogens is 3. The number of hydrogen-bond donors (Lipinski definition) is 2. The van der Waals surface area contributed by atoms with Crippen LogP contribution in [0.2, 0.25) is 0 Å². The van der Waals surface area contributed by atoms with Gasteiger partial charge in [-0.2, -0.15) is 13.2 Å². The maximum atomic E-state index is 13.1. The molecular weight excluding hydrogens is 449 g/mol. The third-order valence-electron chi connectivity index (χ3n) is 6.03. The van der Waals surface area contributed by atoms with Crippen LogP contribution < -0.4 is 15.5 Å². The lowest BCUT2D eigenvalue weighted by molar-refractivity contribution is -0.140. The summed E-state index contributed by atoms with van der Waals surface area (Å²) in [5.41, 5.74) is -0.267. The smallest absolute Gasteiger partial charge is 0.358 e. The molecule has 0 aliphatic heterocycles. The van der Waals surface area contributed by atoms with Crippen LogP contribution in [0, 0.1) is 0 Å². The predicted octanol–water partition coefficient (Wildman–Crippen LogP) is 3.88. The van der Waals surface area contributed by atoms with Gasteiger partial charge in [-0.15, -0.1) is 0 Å². The van der Waals surface area contributed by atoms with Gasteiger partial charge < -0.3 is 15.5 Å². The molecule has 0 bridgehead atoms. The number of pyridine rings is 2. The molecule has 180 valence electrons. The van der Waals surface area contributed by atoms with E-state index in [-0.39, 0.29) is 29.5 Å². The lowest BCUT2D eigenvalue weighted by Crippen LogP contribution is -2.43. The number of carbonyl (C=O) groups excluding carboxylic acids is 2. The topological polar surface area (TPSA) is 91.6 Å². The highest BCUT2D eigenvalue weighted by atomic mass is 19.4. The molecule has 4 rings (SSSR count). The number of halogens is 3. The Morgan fingerprint density at radius 1 is 1.15 bits per heavy atom. The van der Waals surface area contributed by atoms with Gasteiger partial charge in [0, 0.05) is 44.0 Å². The van der Waals surface area contributed by atoms with E-state index in [1.165, 1.54) is 23.6 Å². The van der Waals surface area contributed by atoms with Crippen LogP contribution in [0.15, 0.2) is 42.7 Å². The molecule has 0 spiro atoms. The van der Waals surface area contributed by atoms with Crippen LogP contribution in [0.4, 0.5) is 24.8 Å². The van der Waals surface area contributed by atoms with Crippen molar-refractivity contribution in [2.75, 3.05) is 17.3 Å². The van der Waals surface area contributed by atoms with E-state index in [9.17, 15) is 22.8 Å². The number of fused-ring (bicyclic) bond motifs is 1. The summed E-state index contributed by atoms with van der Waals surface area (Å²) in [5.74, 6) is 0.435. The van der Waals surface area contributed by atoms with E-state index < -0.39 is 11.9 Å². The van der Waals surface area contributed by atoms with Crippen molar-refractivity contribution in [1.29, 1.82) is 0 Å². The van der Waals surface area contributed by atoms with Gasteiger partial charge in [-0.1, -0.05) is 6.07 Å². The number of rotatable bonds is 5. The number of carbonyl (C=O) groups is 2. The Balaban J connectivity index is 1.39. The number of nitrogens with zero attached hydrogens (tertiary/aromatic N) is 4. The van der Waals surface area contributed by atoms with Gasteiger partial charge in [-0.05, 0) is 49.9 Å². The van der Waals surface area contributed by atoms with Gasteiger partial charge in [-0.3, -0.25) is 14.0 Å². The SMILES string of the molecule is CC(=O)Nc1cc(C(=O)N[C@H]2CC[C@@H](N(C)c3cccc4nc(C(F)(F)F)cn34)CC2)ccn1. The van der Waals surface area contributed by atoms with Crippen LogP contribution in [0.1, 0.15) is 48.7 Å². The average molecular weight is 474 g/mol. The zero-order valence-electron chi connectivity index (χ0n) is 18.8. The first-order chi connectivity index (χ1) is 16.1. The fourth-order valence-electron chi connectivity index (χ4n) is 4.30. The van der Waals surface area contributed by atoms with Crippen LogP contribution in [0.3, 0.4) is 0 Å². The molecule has 2 N–H and O–H groups in total. The fraction of sp³-hybridized carbons (Fsp3) is 0.391. The normalized spacial score (nSPS) is 18.5. The molecule has 3 aromatic heterocycles. The number of nitrogens with one attached hydrogen (secondary N) is 2. The van der Waals surface area contributed by atoms with E-state index in [2.05, 4.69) is 20.6 Å². The van der Waals surface area contributed by atoms with Crippen LogP contribution >= 0.6 is 0 Å². The Morgan fingerprint density at radius 2 is 1.88 bits per heavy atom. The zero-order chi connectivity index (χ0) is 24.5. The van der Waals surface area contributed by atoms with E-state index in [0.29, 0.717) is 17.2 Å². The maximum absolute atomic E-state index is 13.1. The Labute approximate surface area is 194 Å². The van der Waals surface area contributed by atoms with Gasteiger partial charge in [0.25, 0.3) is 5.91 Å². The minimum absolute atomic E-state index is 0.0181. The summed E-state index contributed by atoms with van der Waals surface area (Å²) in [6, 6.07) is 8.23. The van der Waals surface area contributed by atoms with Crippen LogP contribution in [0.5, 0.6) is 0 Å². The van der Waals surface area contributed by atoms with Crippen molar-refractivity contribution >= 4 is 29.1 Å². The lowest BCUT2D eigenvalue weighted by Gasteiger charge is -2.36. The zero-order valence-corrected chi connectivity index (χ0v) is 18.8. The Morgan fingerprint density at radius 3 is 2.56 bits per heavy atom. The Bertz CT molecular complexity index is 1200. The second-order valence-electron chi connectivity index (χ2n) is 8.44. The Kier molecular flexibility index (Phi) is 6.45. The largest absolute Gasteiger partial charge is 0.434 e.